The molecule has 2 saturated heterocycles. The number of carbonyl (C=O) groups is 2. The Morgan fingerprint density at radius 2 is 1.78 bits per heavy atom. The largest absolute Gasteiger partial charge is 0.483 e. The first-order valence-corrected chi connectivity index (χ1v) is 16.4. The van der Waals surface area contributed by atoms with Gasteiger partial charge in [-0.1, -0.05) is 19.3 Å². The van der Waals surface area contributed by atoms with Crippen LogP contribution in [0.2, 0.25) is 0 Å². The number of aliphatic hydroxyl groups is 4. The van der Waals surface area contributed by atoms with Gasteiger partial charge < -0.3 is 49.1 Å². The van der Waals surface area contributed by atoms with Gasteiger partial charge in [0.15, 0.2) is 11.3 Å². The molecule has 3 heterocycles. The van der Waals surface area contributed by atoms with Gasteiger partial charge in [-0.2, -0.15) is 0 Å². The molecule has 5 N–H and O–H groups in total. The summed E-state index contributed by atoms with van der Waals surface area (Å²) in [5.41, 5.74) is 1.37. The Hall–Kier alpha value is -2.90. The van der Waals surface area contributed by atoms with Crippen LogP contribution >= 0.6 is 0 Å². The fourth-order valence-electron chi connectivity index (χ4n) is 7.70. The molecule has 2 saturated carbocycles. The van der Waals surface area contributed by atoms with Crippen LogP contribution in [-0.4, -0.2) is 88.9 Å². The molecule has 1 aromatic heterocycles. The Labute approximate surface area is 262 Å². The van der Waals surface area contributed by atoms with Gasteiger partial charge in [-0.25, -0.2) is 0 Å². The Kier molecular flexibility index (Phi) is 9.58. The van der Waals surface area contributed by atoms with E-state index in [0.717, 1.165) is 68.7 Å². The van der Waals surface area contributed by atoms with Crippen molar-refractivity contribution in [3.63, 3.8) is 0 Å². The molecule has 2 aromatic rings. The highest BCUT2D eigenvalue weighted by Crippen LogP contribution is 2.54. The number of aliphatic hydroxyl groups excluding tert-OH is 4. The first-order valence-electron chi connectivity index (χ1n) is 16.4. The second kappa shape index (κ2) is 13.4. The molecule has 6 atom stereocenters. The van der Waals surface area contributed by atoms with Gasteiger partial charge >= 0.3 is 5.97 Å². The van der Waals surface area contributed by atoms with Crippen LogP contribution in [0.25, 0.3) is 11.0 Å². The molecule has 248 valence electrons. The van der Waals surface area contributed by atoms with Gasteiger partial charge in [0.05, 0.1) is 31.0 Å². The first kappa shape index (κ1) is 32.1. The summed E-state index contributed by atoms with van der Waals surface area (Å²) in [5.74, 6) is 0.0432. The minimum absolute atomic E-state index is 0.0356. The SMILES string of the molecule is CCOC(=O)CCc1cc2c(C3CNC(=O)C34CCCC4)coc2c(OC2CCCCC2)c1OC1OC(CO)C(O)C(O)C1O. The summed E-state index contributed by atoms with van der Waals surface area (Å²) >= 11 is 0. The standard InChI is InChI=1S/C33H45NO11/c1-2-41-24(36)11-10-18-14-20-21(22-15-34-32(40)33(22)12-6-7-13-33)17-42-29(20)30(43-19-8-4-3-5-9-19)28(18)45-31-27(39)26(38)25(37)23(16-35)44-31/h14,17,19,22-23,25-27,31,35,37-39H,2-13,15-16H2,1H3,(H,34,40). The summed E-state index contributed by atoms with van der Waals surface area (Å²) in [6, 6.07) is 1.88. The van der Waals surface area contributed by atoms with E-state index in [-0.39, 0.29) is 43.1 Å². The van der Waals surface area contributed by atoms with Crippen molar-refractivity contribution in [2.45, 2.75) is 120 Å². The molecule has 2 aliphatic heterocycles. The van der Waals surface area contributed by atoms with E-state index in [2.05, 4.69) is 5.32 Å². The van der Waals surface area contributed by atoms with E-state index in [0.29, 0.717) is 23.4 Å². The quantitative estimate of drug-likeness (QED) is 0.244. The van der Waals surface area contributed by atoms with Gasteiger partial charge in [-0.15, -0.1) is 0 Å². The van der Waals surface area contributed by atoms with Gasteiger partial charge in [0.25, 0.3) is 0 Å². The minimum Gasteiger partial charge on any atom is -0.483 e. The normalized spacial score (nSPS) is 30.1. The Balaban J connectivity index is 1.47. The fraction of sp³-hybridized carbons (Fsp3) is 0.697. The number of aryl methyl sites for hydroxylation is 1. The van der Waals surface area contributed by atoms with E-state index >= 15 is 0 Å². The van der Waals surface area contributed by atoms with Gasteiger partial charge in [0, 0.05) is 29.8 Å². The van der Waals surface area contributed by atoms with Crippen LogP contribution in [0.3, 0.4) is 0 Å². The van der Waals surface area contributed by atoms with Crippen molar-refractivity contribution in [3.05, 3.63) is 23.5 Å². The summed E-state index contributed by atoms with van der Waals surface area (Å²) in [6.07, 6.45) is 2.64. The molecule has 4 aliphatic rings. The number of carbonyl (C=O) groups excluding carboxylic acids is 2. The zero-order chi connectivity index (χ0) is 31.7. The van der Waals surface area contributed by atoms with E-state index in [1.54, 1.807) is 13.2 Å². The third-order valence-electron chi connectivity index (χ3n) is 10.2. The molecule has 0 radical (unpaired) electrons. The van der Waals surface area contributed by atoms with Crippen molar-refractivity contribution in [1.29, 1.82) is 0 Å². The lowest BCUT2D eigenvalue weighted by molar-refractivity contribution is -0.277. The molecule has 6 unspecified atom stereocenters. The lowest BCUT2D eigenvalue weighted by atomic mass is 9.72. The number of fused-ring (bicyclic) bond motifs is 1. The van der Waals surface area contributed by atoms with Crippen molar-refractivity contribution in [3.8, 4) is 11.5 Å². The van der Waals surface area contributed by atoms with Crippen molar-refractivity contribution >= 4 is 22.8 Å². The molecule has 1 aromatic carbocycles. The molecule has 12 nitrogen and oxygen atoms in total. The molecule has 1 amide bonds. The zero-order valence-electron chi connectivity index (χ0n) is 25.7. The average molecular weight is 632 g/mol. The molecule has 4 fully saturated rings. The molecular formula is C33H45NO11. The number of amides is 1. The van der Waals surface area contributed by atoms with Crippen molar-refractivity contribution in [2.75, 3.05) is 19.8 Å². The Bertz CT molecular complexity index is 1360. The summed E-state index contributed by atoms with van der Waals surface area (Å²) in [7, 11) is 0. The third-order valence-corrected chi connectivity index (χ3v) is 10.2. The van der Waals surface area contributed by atoms with Crippen LogP contribution in [0.15, 0.2) is 16.7 Å². The molecule has 2 aliphatic carbocycles. The molecule has 0 bridgehead atoms. The molecule has 1 spiro atoms. The third kappa shape index (κ3) is 6.03. The van der Waals surface area contributed by atoms with E-state index in [1.807, 2.05) is 6.07 Å². The van der Waals surface area contributed by atoms with Crippen molar-refractivity contribution in [1.82, 2.24) is 5.32 Å². The molecule has 6 rings (SSSR count). The first-order chi connectivity index (χ1) is 21.8. The van der Waals surface area contributed by atoms with Crippen LogP contribution < -0.4 is 14.8 Å². The number of hydrogen-bond acceptors (Lipinski definition) is 11. The van der Waals surface area contributed by atoms with E-state index in [1.165, 1.54) is 0 Å². The molecular weight excluding hydrogens is 586 g/mol. The number of nitrogens with one attached hydrogen (secondary N) is 1. The predicted octanol–water partition coefficient (Wildman–Crippen LogP) is 2.59. The zero-order valence-corrected chi connectivity index (χ0v) is 25.7. The summed E-state index contributed by atoms with van der Waals surface area (Å²) in [4.78, 5) is 25.7. The van der Waals surface area contributed by atoms with Crippen molar-refractivity contribution < 1.29 is 53.4 Å². The van der Waals surface area contributed by atoms with Crippen LogP contribution in [-0.2, 0) is 25.5 Å². The van der Waals surface area contributed by atoms with Crippen LogP contribution in [0.1, 0.15) is 88.2 Å². The van der Waals surface area contributed by atoms with Crippen LogP contribution in [0, 0.1) is 5.41 Å². The predicted molar refractivity (Wildman–Crippen MR) is 160 cm³/mol. The summed E-state index contributed by atoms with van der Waals surface area (Å²) < 4.78 is 30.2. The highest BCUT2D eigenvalue weighted by molar-refractivity contribution is 5.93. The lowest BCUT2D eigenvalue weighted by Gasteiger charge is -2.40. The molecule has 12 heteroatoms. The highest BCUT2D eigenvalue weighted by Gasteiger charge is 2.53. The minimum atomic E-state index is -1.65. The van der Waals surface area contributed by atoms with E-state index < -0.39 is 48.7 Å². The summed E-state index contributed by atoms with van der Waals surface area (Å²) in [6.45, 7) is 1.86. The van der Waals surface area contributed by atoms with Crippen LogP contribution in [0.5, 0.6) is 11.5 Å². The average Bonchev–Trinajstić information content (AvgIpc) is 3.78. The number of hydrogen-bond donors (Lipinski definition) is 5. The number of furan rings is 1. The highest BCUT2D eigenvalue weighted by atomic mass is 16.7. The second-order valence-electron chi connectivity index (χ2n) is 12.9. The fourth-order valence-corrected chi connectivity index (χ4v) is 7.70. The van der Waals surface area contributed by atoms with E-state index in [9.17, 15) is 30.0 Å². The maximum atomic E-state index is 13.2. The van der Waals surface area contributed by atoms with Gasteiger partial charge in [-0.3, -0.25) is 9.59 Å². The van der Waals surface area contributed by atoms with Gasteiger partial charge in [0.2, 0.25) is 17.9 Å². The monoisotopic (exact) mass is 631 g/mol. The summed E-state index contributed by atoms with van der Waals surface area (Å²) in [5, 5.41) is 45.3. The van der Waals surface area contributed by atoms with Crippen LogP contribution in [0.4, 0.5) is 0 Å². The molecule has 45 heavy (non-hydrogen) atoms. The van der Waals surface area contributed by atoms with E-state index in [4.69, 9.17) is 23.4 Å². The Morgan fingerprint density at radius 1 is 1.02 bits per heavy atom. The van der Waals surface area contributed by atoms with Gasteiger partial charge in [0.1, 0.15) is 24.4 Å². The second-order valence-corrected chi connectivity index (χ2v) is 12.9. The number of esters is 1. The van der Waals surface area contributed by atoms with Crippen molar-refractivity contribution in [2.24, 2.45) is 5.41 Å². The van der Waals surface area contributed by atoms with Gasteiger partial charge in [-0.05, 0) is 63.5 Å². The number of rotatable bonds is 10. The topological polar surface area (TPSA) is 177 Å². The maximum Gasteiger partial charge on any atom is 0.306 e. The smallest absolute Gasteiger partial charge is 0.306 e. The maximum absolute atomic E-state index is 13.2. The Morgan fingerprint density at radius 3 is 2.49 bits per heavy atom. The lowest BCUT2D eigenvalue weighted by Crippen LogP contribution is -2.60. The number of benzene rings is 1. The number of ether oxygens (including phenoxy) is 4.